The molecule has 180 valence electrons. The monoisotopic (exact) mass is 479 g/mol. The Morgan fingerprint density at radius 3 is 2.53 bits per heavy atom. The topological polar surface area (TPSA) is 67.6 Å². The molecule has 2 aliphatic heterocycles. The molecule has 2 aromatic heterocycles. The van der Waals surface area contributed by atoms with Crippen LogP contribution in [-0.4, -0.2) is 50.4 Å². The molecule has 2 saturated heterocycles. The third-order valence-corrected chi connectivity index (χ3v) is 9.47. The normalized spacial score (nSPS) is 26.6. The lowest BCUT2D eigenvalue weighted by molar-refractivity contribution is 0.0286. The van der Waals surface area contributed by atoms with Gasteiger partial charge in [-0.2, -0.15) is 0 Å². The van der Waals surface area contributed by atoms with Crippen LogP contribution < -0.4 is 10.3 Å². The van der Waals surface area contributed by atoms with Crippen LogP contribution in [0.15, 0.2) is 41.5 Å². The summed E-state index contributed by atoms with van der Waals surface area (Å²) in [5, 5.41) is 10.6. The molecule has 2 unspecified atom stereocenters. The van der Waals surface area contributed by atoms with E-state index >= 15 is 0 Å². The maximum absolute atomic E-state index is 13.2. The molecule has 1 aromatic carbocycles. The molecule has 3 aliphatic rings. The Hall–Kier alpha value is -2.22. The summed E-state index contributed by atoms with van der Waals surface area (Å²) in [7, 11) is 2.24. The van der Waals surface area contributed by atoms with Crippen molar-refractivity contribution in [1.82, 2.24) is 14.5 Å². The van der Waals surface area contributed by atoms with Crippen LogP contribution in [0, 0.1) is 5.92 Å². The van der Waals surface area contributed by atoms with Gasteiger partial charge in [0.05, 0.1) is 16.8 Å². The molecule has 4 atom stereocenters. The van der Waals surface area contributed by atoms with Gasteiger partial charge in [0.1, 0.15) is 22.9 Å². The number of benzene rings is 1. The molecule has 3 fully saturated rings. The van der Waals surface area contributed by atoms with Crippen LogP contribution in [-0.2, 0) is 6.42 Å². The Balaban J connectivity index is 1.16. The summed E-state index contributed by atoms with van der Waals surface area (Å²) in [5.74, 6) is 1.29. The van der Waals surface area contributed by atoms with Gasteiger partial charge >= 0.3 is 0 Å². The van der Waals surface area contributed by atoms with Crippen LogP contribution in [0.25, 0.3) is 15.9 Å². The van der Waals surface area contributed by atoms with E-state index in [4.69, 9.17) is 4.74 Å². The molecule has 7 heteroatoms. The third-order valence-electron chi connectivity index (χ3n) is 8.30. The molecule has 1 aliphatic carbocycles. The number of nitrogens with zero attached hydrogens (tertiary/aromatic N) is 3. The molecular weight excluding hydrogens is 446 g/mol. The fourth-order valence-electron chi connectivity index (χ4n) is 5.89. The fraction of sp³-hybridized carbons (Fsp3) is 0.556. The van der Waals surface area contributed by atoms with Gasteiger partial charge in [0.25, 0.3) is 5.56 Å². The van der Waals surface area contributed by atoms with Gasteiger partial charge in [-0.3, -0.25) is 9.36 Å². The molecule has 1 saturated carbocycles. The lowest BCUT2D eigenvalue weighted by Crippen LogP contribution is -2.43. The minimum absolute atomic E-state index is 0.0456. The number of rotatable bonds is 7. The van der Waals surface area contributed by atoms with Crippen LogP contribution >= 0.6 is 11.3 Å². The first-order valence-electron chi connectivity index (χ1n) is 12.6. The van der Waals surface area contributed by atoms with Gasteiger partial charge < -0.3 is 14.7 Å². The highest BCUT2D eigenvalue weighted by Crippen LogP contribution is 2.42. The van der Waals surface area contributed by atoms with Crippen LogP contribution in [0.1, 0.15) is 56.7 Å². The van der Waals surface area contributed by atoms with E-state index in [1.807, 2.05) is 37.3 Å². The zero-order chi connectivity index (χ0) is 23.4. The standard InChI is InChI=1S/C27H33N3O3S/c1-27(32,17-3-4-17)12-11-23-15-24-25(34-23)26(31)30(16-28-24)18-7-9-21(10-8-18)33-22-13-19-5-6-20(14-22)29(19)2/h7-10,15-17,19-20,22,32H,3-6,11-14H2,1-2H3/t19-,20+,22?,27?. The fourth-order valence-corrected chi connectivity index (χ4v) is 6.93. The van der Waals surface area contributed by atoms with E-state index in [2.05, 4.69) is 16.9 Å². The first kappa shape index (κ1) is 22.3. The molecule has 2 bridgehead atoms. The van der Waals surface area contributed by atoms with Gasteiger partial charge in [0.2, 0.25) is 0 Å². The van der Waals surface area contributed by atoms with Gasteiger partial charge in [-0.25, -0.2) is 4.98 Å². The SMILES string of the molecule is CN1[C@@H]2CC[C@H]1CC(Oc1ccc(-n3cnc4cc(CCC(C)(O)C5CC5)sc4c3=O)cc1)C2. The minimum atomic E-state index is -0.610. The van der Waals surface area contributed by atoms with Crippen LogP contribution in [0.3, 0.4) is 0 Å². The molecule has 0 spiro atoms. The van der Waals surface area contributed by atoms with E-state index in [0.29, 0.717) is 22.7 Å². The van der Waals surface area contributed by atoms with Gasteiger partial charge in [0.15, 0.2) is 0 Å². The van der Waals surface area contributed by atoms with Crippen molar-refractivity contribution in [2.24, 2.45) is 5.92 Å². The maximum atomic E-state index is 13.2. The second-order valence-electron chi connectivity index (χ2n) is 10.7. The van der Waals surface area contributed by atoms with E-state index in [1.54, 1.807) is 10.9 Å². The number of hydrogen-bond donors (Lipinski definition) is 1. The van der Waals surface area contributed by atoms with E-state index in [0.717, 1.165) is 60.4 Å². The Morgan fingerprint density at radius 1 is 1.15 bits per heavy atom. The Labute approximate surface area is 204 Å². The molecule has 0 radical (unpaired) electrons. The molecule has 34 heavy (non-hydrogen) atoms. The summed E-state index contributed by atoms with van der Waals surface area (Å²) >= 11 is 1.50. The summed E-state index contributed by atoms with van der Waals surface area (Å²) in [6.45, 7) is 1.94. The van der Waals surface area contributed by atoms with Crippen molar-refractivity contribution in [2.45, 2.75) is 82.1 Å². The summed E-state index contributed by atoms with van der Waals surface area (Å²) in [6, 6.07) is 11.1. The summed E-state index contributed by atoms with van der Waals surface area (Å²) in [4.78, 5) is 21.4. The van der Waals surface area contributed by atoms with Crippen molar-refractivity contribution in [1.29, 1.82) is 0 Å². The number of ether oxygens (including phenoxy) is 1. The molecule has 6 nitrogen and oxygen atoms in total. The third kappa shape index (κ3) is 4.18. The van der Waals surface area contributed by atoms with Crippen LogP contribution in [0.4, 0.5) is 0 Å². The highest BCUT2D eigenvalue weighted by Gasteiger charge is 2.40. The zero-order valence-corrected chi connectivity index (χ0v) is 20.8. The molecule has 3 aromatic rings. The first-order valence-corrected chi connectivity index (χ1v) is 13.4. The van der Waals surface area contributed by atoms with Gasteiger partial charge in [0, 0.05) is 17.0 Å². The lowest BCUT2D eigenvalue weighted by atomic mass is 9.94. The van der Waals surface area contributed by atoms with E-state index in [9.17, 15) is 9.90 Å². The first-order chi connectivity index (χ1) is 16.4. The smallest absolute Gasteiger partial charge is 0.275 e. The van der Waals surface area contributed by atoms with Crippen molar-refractivity contribution in [3.63, 3.8) is 0 Å². The Kier molecular flexibility index (Phi) is 5.54. The summed E-state index contributed by atoms with van der Waals surface area (Å²) in [5.41, 5.74) is 0.877. The predicted octanol–water partition coefficient (Wildman–Crippen LogP) is 4.54. The number of thiophene rings is 1. The number of aryl methyl sites for hydroxylation is 1. The number of aliphatic hydroxyl groups is 1. The number of aromatic nitrogens is 2. The number of fused-ring (bicyclic) bond motifs is 3. The van der Waals surface area contributed by atoms with Crippen molar-refractivity contribution in [2.75, 3.05) is 7.05 Å². The Morgan fingerprint density at radius 2 is 1.85 bits per heavy atom. The second kappa shape index (κ2) is 8.47. The van der Waals surface area contributed by atoms with E-state index < -0.39 is 5.60 Å². The van der Waals surface area contributed by atoms with Gasteiger partial charge in [-0.15, -0.1) is 11.3 Å². The highest BCUT2D eigenvalue weighted by atomic mass is 32.1. The van der Waals surface area contributed by atoms with Crippen LogP contribution in [0.2, 0.25) is 0 Å². The molecule has 6 rings (SSSR count). The lowest BCUT2D eigenvalue weighted by Gasteiger charge is -2.36. The summed E-state index contributed by atoms with van der Waals surface area (Å²) in [6.07, 6.45) is 10.4. The number of hydrogen-bond acceptors (Lipinski definition) is 6. The van der Waals surface area contributed by atoms with Gasteiger partial charge in [-0.05, 0) is 102 Å². The van der Waals surface area contributed by atoms with E-state index in [-0.39, 0.29) is 11.7 Å². The highest BCUT2D eigenvalue weighted by molar-refractivity contribution is 7.18. The molecule has 4 heterocycles. The Bertz CT molecular complexity index is 1230. The second-order valence-corrected chi connectivity index (χ2v) is 11.9. The van der Waals surface area contributed by atoms with Crippen molar-refractivity contribution in [3.05, 3.63) is 51.9 Å². The van der Waals surface area contributed by atoms with Crippen molar-refractivity contribution >= 4 is 21.6 Å². The average molecular weight is 480 g/mol. The average Bonchev–Trinajstić information content (AvgIpc) is 3.57. The van der Waals surface area contributed by atoms with E-state index in [1.165, 1.54) is 24.2 Å². The predicted molar refractivity (Wildman–Crippen MR) is 135 cm³/mol. The van der Waals surface area contributed by atoms with Crippen molar-refractivity contribution in [3.8, 4) is 11.4 Å². The largest absolute Gasteiger partial charge is 0.490 e. The maximum Gasteiger partial charge on any atom is 0.275 e. The molecular formula is C27H33N3O3S. The van der Waals surface area contributed by atoms with Crippen LogP contribution in [0.5, 0.6) is 5.75 Å². The zero-order valence-electron chi connectivity index (χ0n) is 19.9. The number of piperidine rings is 1. The summed E-state index contributed by atoms with van der Waals surface area (Å²) < 4.78 is 8.59. The van der Waals surface area contributed by atoms with Crippen molar-refractivity contribution < 1.29 is 9.84 Å². The molecule has 0 amide bonds. The minimum Gasteiger partial charge on any atom is -0.490 e. The van der Waals surface area contributed by atoms with Gasteiger partial charge in [-0.1, -0.05) is 0 Å². The molecule has 1 N–H and O–H groups in total. The quantitative estimate of drug-likeness (QED) is 0.539.